The molecule has 0 spiro atoms. The van der Waals surface area contributed by atoms with Gasteiger partial charge in [-0.05, 0) is 23.9 Å². The van der Waals surface area contributed by atoms with Crippen LogP contribution in [0, 0.1) is 6.92 Å². The summed E-state index contributed by atoms with van der Waals surface area (Å²) in [6.45, 7) is 3.41. The third kappa shape index (κ3) is 1.96. The smallest absolute Gasteiger partial charge is 0.323 e. The molecule has 76 valence electrons. The molecular weight excluding hydrogens is 198 g/mol. The van der Waals surface area contributed by atoms with Crippen LogP contribution in [0.5, 0.6) is 0 Å². The Bertz CT molecular complexity index is 335. The highest BCUT2D eigenvalue weighted by atomic mass is 32.1. The van der Waals surface area contributed by atoms with Crippen molar-refractivity contribution in [3.05, 3.63) is 21.9 Å². The summed E-state index contributed by atoms with van der Waals surface area (Å²) in [5, 5.41) is 5.28. The van der Waals surface area contributed by atoms with Crippen molar-refractivity contribution < 1.29 is 9.53 Å². The standard InChI is InChI=1S/C10H13NO2S/c1-7-3-5-14-9(7)6-11-8-2-4-13-10(8)12/h3,5,8,11H,2,4,6H2,1H3. The van der Waals surface area contributed by atoms with Crippen molar-refractivity contribution in [1.82, 2.24) is 5.32 Å². The van der Waals surface area contributed by atoms with Crippen LogP contribution in [0.15, 0.2) is 11.4 Å². The number of thiophene rings is 1. The molecule has 0 amide bonds. The van der Waals surface area contributed by atoms with E-state index in [-0.39, 0.29) is 12.0 Å². The van der Waals surface area contributed by atoms with Gasteiger partial charge in [-0.15, -0.1) is 11.3 Å². The van der Waals surface area contributed by atoms with Gasteiger partial charge in [-0.25, -0.2) is 0 Å². The van der Waals surface area contributed by atoms with Gasteiger partial charge in [-0.1, -0.05) is 0 Å². The highest BCUT2D eigenvalue weighted by Crippen LogP contribution is 2.16. The van der Waals surface area contributed by atoms with Gasteiger partial charge in [-0.3, -0.25) is 10.1 Å². The second kappa shape index (κ2) is 4.11. The quantitative estimate of drug-likeness (QED) is 0.769. The predicted octanol–water partition coefficient (Wildman–Crippen LogP) is 1.46. The number of hydrogen-bond donors (Lipinski definition) is 1. The first kappa shape index (κ1) is 9.68. The minimum Gasteiger partial charge on any atom is -0.464 e. The summed E-state index contributed by atoms with van der Waals surface area (Å²) in [6.07, 6.45) is 0.795. The monoisotopic (exact) mass is 211 g/mol. The first-order valence-corrected chi connectivity index (χ1v) is 5.58. The SMILES string of the molecule is Cc1ccsc1CNC1CCOC1=O. The van der Waals surface area contributed by atoms with Crippen LogP contribution in [0.4, 0.5) is 0 Å². The number of carbonyl (C=O) groups is 1. The van der Waals surface area contributed by atoms with Crippen LogP contribution in [-0.2, 0) is 16.1 Å². The summed E-state index contributed by atoms with van der Waals surface area (Å²) in [6, 6.07) is 1.99. The molecule has 2 rings (SSSR count). The summed E-state index contributed by atoms with van der Waals surface area (Å²) in [7, 11) is 0. The lowest BCUT2D eigenvalue weighted by molar-refractivity contribution is -0.139. The highest BCUT2D eigenvalue weighted by molar-refractivity contribution is 7.10. The Labute approximate surface area is 87.1 Å². The van der Waals surface area contributed by atoms with Gasteiger partial charge >= 0.3 is 5.97 Å². The molecule has 0 aromatic carbocycles. The summed E-state index contributed by atoms with van der Waals surface area (Å²) in [5.41, 5.74) is 1.29. The Morgan fingerprint density at radius 2 is 2.57 bits per heavy atom. The molecule has 2 heterocycles. The zero-order chi connectivity index (χ0) is 9.97. The maximum atomic E-state index is 11.1. The van der Waals surface area contributed by atoms with Crippen LogP contribution >= 0.6 is 11.3 Å². The van der Waals surface area contributed by atoms with E-state index in [4.69, 9.17) is 4.74 Å². The molecule has 0 saturated carbocycles. The van der Waals surface area contributed by atoms with E-state index in [2.05, 4.69) is 23.7 Å². The fourth-order valence-corrected chi connectivity index (χ4v) is 2.34. The van der Waals surface area contributed by atoms with Gasteiger partial charge in [0.25, 0.3) is 0 Å². The molecule has 0 aliphatic carbocycles. The molecule has 1 saturated heterocycles. The average molecular weight is 211 g/mol. The van der Waals surface area contributed by atoms with Gasteiger partial charge in [0, 0.05) is 17.8 Å². The van der Waals surface area contributed by atoms with Crippen molar-refractivity contribution in [3.8, 4) is 0 Å². The molecule has 4 heteroatoms. The molecule has 3 nitrogen and oxygen atoms in total. The Balaban J connectivity index is 1.88. The number of hydrogen-bond acceptors (Lipinski definition) is 4. The molecule has 1 fully saturated rings. The van der Waals surface area contributed by atoms with Crippen LogP contribution < -0.4 is 5.32 Å². The maximum Gasteiger partial charge on any atom is 0.323 e. The molecule has 1 aliphatic rings. The molecule has 14 heavy (non-hydrogen) atoms. The second-order valence-electron chi connectivity index (χ2n) is 3.42. The number of nitrogens with one attached hydrogen (secondary N) is 1. The minimum atomic E-state index is -0.112. The number of cyclic esters (lactones) is 1. The number of carbonyl (C=O) groups excluding carboxylic acids is 1. The third-order valence-corrected chi connectivity index (χ3v) is 3.44. The van der Waals surface area contributed by atoms with Crippen LogP contribution in [0.3, 0.4) is 0 Å². The van der Waals surface area contributed by atoms with E-state index in [0.717, 1.165) is 13.0 Å². The Kier molecular flexibility index (Phi) is 2.84. The number of ether oxygens (including phenoxy) is 1. The number of aryl methyl sites for hydroxylation is 1. The molecule has 0 bridgehead atoms. The van der Waals surface area contributed by atoms with E-state index in [1.165, 1.54) is 10.4 Å². The lowest BCUT2D eigenvalue weighted by Gasteiger charge is -2.07. The highest BCUT2D eigenvalue weighted by Gasteiger charge is 2.25. The Morgan fingerprint density at radius 1 is 1.71 bits per heavy atom. The third-order valence-electron chi connectivity index (χ3n) is 2.41. The largest absolute Gasteiger partial charge is 0.464 e. The van der Waals surface area contributed by atoms with Crippen molar-refractivity contribution in [2.24, 2.45) is 0 Å². The molecule has 1 unspecified atom stereocenters. The van der Waals surface area contributed by atoms with Gasteiger partial charge in [0.2, 0.25) is 0 Å². The van der Waals surface area contributed by atoms with E-state index in [1.807, 2.05) is 0 Å². The molecule has 1 aliphatic heterocycles. The van der Waals surface area contributed by atoms with E-state index < -0.39 is 0 Å². The minimum absolute atomic E-state index is 0.100. The lowest BCUT2D eigenvalue weighted by Crippen LogP contribution is -2.32. The van der Waals surface area contributed by atoms with E-state index in [9.17, 15) is 4.79 Å². The van der Waals surface area contributed by atoms with Crippen molar-refractivity contribution in [1.29, 1.82) is 0 Å². The number of rotatable bonds is 3. The van der Waals surface area contributed by atoms with Gasteiger partial charge in [0.05, 0.1) is 6.61 Å². The van der Waals surface area contributed by atoms with Gasteiger partial charge in [0.15, 0.2) is 0 Å². The normalized spacial score (nSPS) is 21.2. The summed E-state index contributed by atoms with van der Waals surface area (Å²) in [4.78, 5) is 12.4. The second-order valence-corrected chi connectivity index (χ2v) is 4.42. The van der Waals surface area contributed by atoms with Crippen LogP contribution in [0.25, 0.3) is 0 Å². The zero-order valence-corrected chi connectivity index (χ0v) is 8.89. The van der Waals surface area contributed by atoms with Crippen molar-refractivity contribution >= 4 is 17.3 Å². The molecular formula is C10H13NO2S. The molecule has 1 aromatic rings. The predicted molar refractivity (Wildman–Crippen MR) is 55.3 cm³/mol. The van der Waals surface area contributed by atoms with E-state index >= 15 is 0 Å². The first-order valence-electron chi connectivity index (χ1n) is 4.70. The topological polar surface area (TPSA) is 38.3 Å². The Morgan fingerprint density at radius 3 is 3.14 bits per heavy atom. The van der Waals surface area contributed by atoms with Gasteiger partial charge in [0.1, 0.15) is 6.04 Å². The molecule has 1 atom stereocenters. The fraction of sp³-hybridized carbons (Fsp3) is 0.500. The zero-order valence-electron chi connectivity index (χ0n) is 8.08. The van der Waals surface area contributed by atoms with E-state index in [1.54, 1.807) is 11.3 Å². The average Bonchev–Trinajstić information content (AvgIpc) is 2.72. The van der Waals surface area contributed by atoms with Gasteiger partial charge in [-0.2, -0.15) is 0 Å². The van der Waals surface area contributed by atoms with Crippen LogP contribution in [-0.4, -0.2) is 18.6 Å². The summed E-state index contributed by atoms with van der Waals surface area (Å²) < 4.78 is 4.87. The molecule has 0 radical (unpaired) electrons. The lowest BCUT2D eigenvalue weighted by atomic mass is 10.2. The fourth-order valence-electron chi connectivity index (χ4n) is 1.48. The van der Waals surface area contributed by atoms with Gasteiger partial charge < -0.3 is 4.74 Å². The van der Waals surface area contributed by atoms with Crippen molar-refractivity contribution in [3.63, 3.8) is 0 Å². The van der Waals surface area contributed by atoms with E-state index in [0.29, 0.717) is 6.61 Å². The maximum absolute atomic E-state index is 11.1. The van der Waals surface area contributed by atoms with Crippen molar-refractivity contribution in [2.45, 2.75) is 25.9 Å². The van der Waals surface area contributed by atoms with Crippen molar-refractivity contribution in [2.75, 3.05) is 6.61 Å². The Hall–Kier alpha value is -0.870. The first-order chi connectivity index (χ1) is 6.77. The molecule has 1 aromatic heterocycles. The number of esters is 1. The van der Waals surface area contributed by atoms with Crippen LogP contribution in [0.2, 0.25) is 0 Å². The molecule has 1 N–H and O–H groups in total. The summed E-state index contributed by atoms with van der Waals surface area (Å²) >= 11 is 1.72. The van der Waals surface area contributed by atoms with Crippen LogP contribution in [0.1, 0.15) is 16.9 Å². The summed E-state index contributed by atoms with van der Waals surface area (Å²) in [5.74, 6) is -0.112.